The number of halogens is 1. The molecule has 0 saturated carbocycles. The van der Waals surface area contributed by atoms with Crippen molar-refractivity contribution in [3.8, 4) is 0 Å². The van der Waals surface area contributed by atoms with Crippen LogP contribution in [0, 0.1) is 27.7 Å². The molecule has 0 aromatic heterocycles. The predicted molar refractivity (Wildman–Crippen MR) is 118 cm³/mol. The van der Waals surface area contributed by atoms with Gasteiger partial charge >= 0.3 is 0 Å². The summed E-state index contributed by atoms with van der Waals surface area (Å²) in [6.07, 6.45) is 1.43. The highest BCUT2D eigenvalue weighted by Gasteiger charge is 2.29. The zero-order valence-corrected chi connectivity index (χ0v) is 19.3. The standard InChI is InChI=1S/C20H25ClN2O4S2/c1-13-9-16(4)20(17(21)10-13)22-29(26,27)19-12-14(2)18(11-15(19)3)23-7-5-6-8-28(23,24)25/h9-12,22H,5-8H2,1-4H3. The van der Waals surface area contributed by atoms with E-state index in [2.05, 4.69) is 4.72 Å². The van der Waals surface area contributed by atoms with Crippen LogP contribution in [0.2, 0.25) is 5.02 Å². The highest BCUT2D eigenvalue weighted by molar-refractivity contribution is 7.93. The lowest BCUT2D eigenvalue weighted by atomic mass is 10.1. The van der Waals surface area contributed by atoms with Gasteiger partial charge in [0.05, 0.1) is 27.0 Å². The molecular formula is C20H25ClN2O4S2. The second kappa shape index (κ2) is 7.81. The molecule has 9 heteroatoms. The molecule has 0 atom stereocenters. The van der Waals surface area contributed by atoms with Crippen LogP contribution < -0.4 is 9.03 Å². The molecule has 29 heavy (non-hydrogen) atoms. The zero-order valence-electron chi connectivity index (χ0n) is 16.9. The maximum atomic E-state index is 13.1. The van der Waals surface area contributed by atoms with Crippen LogP contribution in [0.5, 0.6) is 0 Å². The quantitative estimate of drug-likeness (QED) is 0.743. The number of nitrogens with one attached hydrogen (secondary N) is 1. The molecule has 1 aliphatic rings. The average molecular weight is 457 g/mol. The fourth-order valence-corrected chi connectivity index (χ4v) is 7.21. The van der Waals surface area contributed by atoms with E-state index in [1.807, 2.05) is 13.0 Å². The highest BCUT2D eigenvalue weighted by Crippen LogP contribution is 2.34. The lowest BCUT2D eigenvalue weighted by Gasteiger charge is -2.30. The van der Waals surface area contributed by atoms with Crippen LogP contribution in [0.3, 0.4) is 0 Å². The summed E-state index contributed by atoms with van der Waals surface area (Å²) >= 11 is 6.26. The first-order valence-electron chi connectivity index (χ1n) is 9.33. The molecule has 0 radical (unpaired) electrons. The van der Waals surface area contributed by atoms with Crippen LogP contribution in [-0.4, -0.2) is 29.1 Å². The van der Waals surface area contributed by atoms with Gasteiger partial charge in [0.25, 0.3) is 10.0 Å². The van der Waals surface area contributed by atoms with Crippen LogP contribution in [0.4, 0.5) is 11.4 Å². The summed E-state index contributed by atoms with van der Waals surface area (Å²) in [6.45, 7) is 7.47. The van der Waals surface area contributed by atoms with Crippen molar-refractivity contribution in [1.82, 2.24) is 0 Å². The minimum Gasteiger partial charge on any atom is -0.278 e. The van der Waals surface area contributed by atoms with Crippen molar-refractivity contribution in [1.29, 1.82) is 0 Å². The Bertz CT molecular complexity index is 1150. The van der Waals surface area contributed by atoms with Gasteiger partial charge < -0.3 is 0 Å². The molecule has 2 aromatic rings. The predicted octanol–water partition coefficient (Wildman–Crippen LogP) is 4.30. The smallest absolute Gasteiger partial charge is 0.262 e. The van der Waals surface area contributed by atoms with Crippen molar-refractivity contribution in [2.24, 2.45) is 0 Å². The van der Waals surface area contributed by atoms with E-state index in [4.69, 9.17) is 11.6 Å². The summed E-state index contributed by atoms with van der Waals surface area (Å²) in [7, 11) is -7.28. The first-order chi connectivity index (χ1) is 13.4. The topological polar surface area (TPSA) is 83.6 Å². The first kappa shape index (κ1) is 21.9. The maximum absolute atomic E-state index is 13.1. The third kappa shape index (κ3) is 4.39. The van der Waals surface area contributed by atoms with Crippen LogP contribution in [-0.2, 0) is 20.0 Å². The van der Waals surface area contributed by atoms with Gasteiger partial charge in [-0.3, -0.25) is 9.03 Å². The Morgan fingerprint density at radius 3 is 2.28 bits per heavy atom. The molecule has 1 saturated heterocycles. The summed E-state index contributed by atoms with van der Waals surface area (Å²) in [4.78, 5) is 0.101. The van der Waals surface area contributed by atoms with Crippen LogP contribution in [0.1, 0.15) is 35.1 Å². The zero-order chi connectivity index (χ0) is 21.6. The Morgan fingerprint density at radius 2 is 1.66 bits per heavy atom. The molecule has 158 valence electrons. The fourth-order valence-electron chi connectivity index (χ4n) is 3.63. The van der Waals surface area contributed by atoms with E-state index in [1.165, 1.54) is 10.4 Å². The third-order valence-electron chi connectivity index (χ3n) is 5.07. The molecule has 0 unspecified atom stereocenters. The Hall–Kier alpha value is -1.77. The van der Waals surface area contributed by atoms with Crippen molar-refractivity contribution < 1.29 is 16.8 Å². The van der Waals surface area contributed by atoms with Gasteiger partial charge in [-0.25, -0.2) is 16.8 Å². The monoisotopic (exact) mass is 456 g/mol. The molecule has 0 spiro atoms. The van der Waals surface area contributed by atoms with Crippen molar-refractivity contribution >= 4 is 43.0 Å². The Kier molecular flexibility index (Phi) is 5.91. The van der Waals surface area contributed by atoms with Crippen molar-refractivity contribution in [3.63, 3.8) is 0 Å². The molecule has 1 heterocycles. The Balaban J connectivity index is 2.02. The Labute approximate surface area is 178 Å². The second-order valence-corrected chi connectivity index (χ2v) is 11.6. The van der Waals surface area contributed by atoms with E-state index >= 15 is 0 Å². The molecule has 2 aromatic carbocycles. The SMILES string of the molecule is Cc1cc(C)c(NS(=O)(=O)c2cc(C)c(N3CCCCS3(=O)=O)cc2C)c(Cl)c1. The van der Waals surface area contributed by atoms with E-state index in [0.717, 1.165) is 17.5 Å². The van der Waals surface area contributed by atoms with Gasteiger partial charge in [0.15, 0.2) is 0 Å². The van der Waals surface area contributed by atoms with Gasteiger partial charge in [-0.15, -0.1) is 0 Å². The minimum absolute atomic E-state index is 0.101. The fraction of sp³-hybridized carbons (Fsp3) is 0.400. The van der Waals surface area contributed by atoms with E-state index in [0.29, 0.717) is 40.5 Å². The first-order valence-corrected chi connectivity index (χ1v) is 12.8. The van der Waals surface area contributed by atoms with Gasteiger partial charge in [0, 0.05) is 6.54 Å². The van der Waals surface area contributed by atoms with Gasteiger partial charge in [-0.2, -0.15) is 0 Å². The van der Waals surface area contributed by atoms with Gasteiger partial charge in [-0.1, -0.05) is 17.7 Å². The molecule has 0 amide bonds. The number of nitrogens with zero attached hydrogens (tertiary/aromatic N) is 1. The molecular weight excluding hydrogens is 432 g/mol. The molecule has 1 fully saturated rings. The summed E-state index contributed by atoms with van der Waals surface area (Å²) in [5.41, 5.74) is 3.61. The van der Waals surface area contributed by atoms with Gasteiger partial charge in [0.2, 0.25) is 10.0 Å². The molecule has 0 bridgehead atoms. The summed E-state index contributed by atoms with van der Waals surface area (Å²) in [5.74, 6) is 0.109. The van der Waals surface area contributed by atoms with E-state index in [1.54, 1.807) is 32.9 Å². The lowest BCUT2D eigenvalue weighted by Crippen LogP contribution is -2.38. The molecule has 0 aliphatic carbocycles. The molecule has 1 N–H and O–H groups in total. The largest absolute Gasteiger partial charge is 0.278 e. The summed E-state index contributed by atoms with van der Waals surface area (Å²) in [5, 5.41) is 0.330. The molecule has 3 rings (SSSR count). The molecule has 6 nitrogen and oxygen atoms in total. The number of rotatable bonds is 4. The van der Waals surface area contributed by atoms with Crippen molar-refractivity contribution in [2.45, 2.75) is 45.4 Å². The van der Waals surface area contributed by atoms with Crippen molar-refractivity contribution in [3.05, 3.63) is 51.5 Å². The van der Waals surface area contributed by atoms with Gasteiger partial charge in [-0.05, 0) is 81.0 Å². The Morgan fingerprint density at radius 1 is 0.966 bits per heavy atom. The number of benzene rings is 2. The number of hydrogen-bond donors (Lipinski definition) is 1. The summed E-state index contributed by atoms with van der Waals surface area (Å²) < 4.78 is 55.0. The normalized spacial score (nSPS) is 16.7. The van der Waals surface area contributed by atoms with Crippen LogP contribution >= 0.6 is 11.6 Å². The second-order valence-electron chi connectivity index (χ2n) is 7.54. The minimum atomic E-state index is -3.90. The van der Waals surface area contributed by atoms with E-state index < -0.39 is 20.0 Å². The van der Waals surface area contributed by atoms with Crippen molar-refractivity contribution in [2.75, 3.05) is 21.3 Å². The maximum Gasteiger partial charge on any atom is 0.262 e. The number of sulfonamides is 2. The lowest BCUT2D eigenvalue weighted by molar-refractivity contribution is 0.574. The summed E-state index contributed by atoms with van der Waals surface area (Å²) in [6, 6.07) is 6.71. The average Bonchev–Trinajstić information content (AvgIpc) is 2.59. The van der Waals surface area contributed by atoms with Crippen LogP contribution in [0.25, 0.3) is 0 Å². The third-order valence-corrected chi connectivity index (χ3v) is 8.71. The molecule has 1 aliphatic heterocycles. The number of aryl methyl sites for hydroxylation is 4. The van der Waals surface area contributed by atoms with E-state index in [9.17, 15) is 16.8 Å². The van der Waals surface area contributed by atoms with Crippen LogP contribution in [0.15, 0.2) is 29.2 Å². The number of anilines is 2. The van der Waals surface area contributed by atoms with E-state index in [-0.39, 0.29) is 10.6 Å². The highest BCUT2D eigenvalue weighted by atomic mass is 35.5. The number of hydrogen-bond acceptors (Lipinski definition) is 4. The van der Waals surface area contributed by atoms with Gasteiger partial charge in [0.1, 0.15) is 0 Å².